The molecule has 9 heteroatoms. The summed E-state index contributed by atoms with van der Waals surface area (Å²) in [7, 11) is 0. The fraction of sp³-hybridized carbons (Fsp3) is 0.512. The number of aromatic nitrogens is 4. The van der Waals surface area contributed by atoms with Gasteiger partial charge in [-0.2, -0.15) is 0 Å². The molecular weight excluding hydrogens is 628 g/mol. The van der Waals surface area contributed by atoms with Gasteiger partial charge in [-0.1, -0.05) is 33.4 Å². The third kappa shape index (κ3) is 8.64. The van der Waals surface area contributed by atoms with E-state index in [4.69, 9.17) is 29.3 Å². The zero-order chi connectivity index (χ0) is 35.9. The number of aliphatic hydroxyl groups is 2. The van der Waals surface area contributed by atoms with Crippen molar-refractivity contribution in [1.29, 1.82) is 0 Å². The highest BCUT2D eigenvalue weighted by atomic mass is 16.7. The van der Waals surface area contributed by atoms with E-state index in [0.717, 1.165) is 82.7 Å². The summed E-state index contributed by atoms with van der Waals surface area (Å²) in [5.74, 6) is 0.370. The van der Waals surface area contributed by atoms with Crippen LogP contribution in [0.2, 0.25) is 0 Å². The van der Waals surface area contributed by atoms with Crippen molar-refractivity contribution in [3.8, 4) is 0 Å². The molecule has 4 atom stereocenters. The van der Waals surface area contributed by atoms with E-state index in [1.807, 2.05) is 6.08 Å². The minimum atomic E-state index is -0.442. The first-order chi connectivity index (χ1) is 24.1. The Balaban J connectivity index is 0.000000242. The highest BCUT2D eigenvalue weighted by molar-refractivity contribution is 5.86. The van der Waals surface area contributed by atoms with E-state index in [0.29, 0.717) is 32.0 Å². The van der Waals surface area contributed by atoms with E-state index >= 15 is 0 Å². The molecule has 270 valence electrons. The first kappa shape index (κ1) is 37.7. The zero-order valence-electron chi connectivity index (χ0n) is 31.0. The molecular formula is C41H56N4O5. The largest absolute Gasteiger partial charge is 0.394 e. The molecule has 0 spiro atoms. The molecule has 6 heterocycles. The second-order valence-electron chi connectivity index (χ2n) is 13.8. The quantitative estimate of drug-likeness (QED) is 0.159. The maximum Gasteiger partial charge on any atom is 0.160 e. The van der Waals surface area contributed by atoms with E-state index in [1.165, 1.54) is 27.8 Å². The van der Waals surface area contributed by atoms with Gasteiger partial charge in [0.15, 0.2) is 6.29 Å². The number of rotatable bonds is 10. The number of aryl methyl sites for hydroxylation is 3. The predicted octanol–water partition coefficient (Wildman–Crippen LogP) is 8.03. The van der Waals surface area contributed by atoms with Crippen molar-refractivity contribution in [3.63, 3.8) is 0 Å². The molecule has 9 nitrogen and oxygen atoms in total. The lowest BCUT2D eigenvalue weighted by atomic mass is 10.0. The Labute approximate surface area is 296 Å². The van der Waals surface area contributed by atoms with Gasteiger partial charge >= 0.3 is 0 Å². The van der Waals surface area contributed by atoms with Crippen LogP contribution in [0.15, 0.2) is 24.8 Å². The van der Waals surface area contributed by atoms with Gasteiger partial charge in [0.05, 0.1) is 36.8 Å². The van der Waals surface area contributed by atoms with E-state index in [1.54, 1.807) is 0 Å². The van der Waals surface area contributed by atoms with E-state index in [-0.39, 0.29) is 12.7 Å². The first-order valence-electron chi connectivity index (χ1n) is 18.2. The molecule has 6 rings (SSSR count). The number of aromatic amines is 2. The molecule has 4 N–H and O–H groups in total. The zero-order valence-corrected chi connectivity index (χ0v) is 31.0. The molecule has 0 aliphatic carbocycles. The summed E-state index contributed by atoms with van der Waals surface area (Å²) in [6.45, 7) is 21.2. The molecule has 0 saturated carbocycles. The van der Waals surface area contributed by atoms with Crippen LogP contribution in [0.1, 0.15) is 110 Å². The van der Waals surface area contributed by atoms with Crippen LogP contribution in [0.25, 0.3) is 39.8 Å². The Kier molecular flexibility index (Phi) is 12.9. The summed E-state index contributed by atoms with van der Waals surface area (Å²) >= 11 is 0. The van der Waals surface area contributed by atoms with Crippen LogP contribution in [0.3, 0.4) is 0 Å². The van der Waals surface area contributed by atoms with Crippen molar-refractivity contribution in [3.05, 3.63) is 75.4 Å². The maximum atomic E-state index is 9.56. The fourth-order valence-corrected chi connectivity index (χ4v) is 6.93. The van der Waals surface area contributed by atoms with Crippen LogP contribution in [0.4, 0.5) is 0 Å². The van der Waals surface area contributed by atoms with Gasteiger partial charge in [-0.15, -0.1) is 0 Å². The van der Waals surface area contributed by atoms with Crippen molar-refractivity contribution in [2.24, 2.45) is 0 Å². The molecule has 50 heavy (non-hydrogen) atoms. The predicted molar refractivity (Wildman–Crippen MR) is 203 cm³/mol. The number of fused-ring (bicyclic) bond motifs is 8. The van der Waals surface area contributed by atoms with Gasteiger partial charge in [0.2, 0.25) is 0 Å². The molecule has 4 unspecified atom stereocenters. The minimum absolute atomic E-state index is 0.0729. The normalized spacial score (nSPS) is 20.3. The summed E-state index contributed by atoms with van der Waals surface area (Å²) in [6.07, 6.45) is 7.70. The lowest BCUT2D eigenvalue weighted by molar-refractivity contribution is -0.222. The van der Waals surface area contributed by atoms with Crippen LogP contribution >= 0.6 is 0 Å². The second-order valence-corrected chi connectivity index (χ2v) is 13.8. The molecule has 3 aromatic rings. The maximum absolute atomic E-state index is 9.56. The summed E-state index contributed by atoms with van der Waals surface area (Å²) in [4.78, 5) is 17.4. The molecule has 0 radical (unpaired) electrons. The molecule has 3 aromatic heterocycles. The first-order valence-corrected chi connectivity index (χ1v) is 18.2. The third-order valence-electron chi connectivity index (χ3n) is 9.95. The number of allylic oxidation sites excluding steroid dienone is 1. The third-order valence-corrected chi connectivity index (χ3v) is 9.95. The van der Waals surface area contributed by atoms with Crippen LogP contribution in [-0.4, -0.2) is 75.1 Å². The van der Waals surface area contributed by atoms with Gasteiger partial charge in [0.25, 0.3) is 0 Å². The Bertz CT molecular complexity index is 1860. The molecule has 0 aromatic carbocycles. The Morgan fingerprint density at radius 3 is 2.42 bits per heavy atom. The molecule has 8 bridgehead atoms. The monoisotopic (exact) mass is 684 g/mol. The van der Waals surface area contributed by atoms with Gasteiger partial charge in [-0.3, -0.25) is 4.98 Å². The van der Waals surface area contributed by atoms with Crippen LogP contribution < -0.4 is 0 Å². The summed E-state index contributed by atoms with van der Waals surface area (Å²) in [5.41, 5.74) is 16.0. The second kappa shape index (κ2) is 17.1. The summed E-state index contributed by atoms with van der Waals surface area (Å²) in [5, 5.41) is 18.5. The summed E-state index contributed by atoms with van der Waals surface area (Å²) < 4.78 is 16.3. The molecule has 3 aliphatic heterocycles. The van der Waals surface area contributed by atoms with Gasteiger partial charge in [0, 0.05) is 71.0 Å². The van der Waals surface area contributed by atoms with Crippen molar-refractivity contribution >= 4 is 39.8 Å². The topological polar surface area (TPSA) is 126 Å². The van der Waals surface area contributed by atoms with Crippen LogP contribution in [-0.2, 0) is 27.1 Å². The van der Waals surface area contributed by atoms with Gasteiger partial charge < -0.3 is 34.4 Å². The average Bonchev–Trinajstić information content (AvgIpc) is 3.82. The molecule has 1 fully saturated rings. The Hall–Kier alpha value is -3.60. The number of nitrogens with one attached hydrogen (secondary N) is 2. The lowest BCUT2D eigenvalue weighted by Gasteiger charge is -2.32. The average molecular weight is 685 g/mol. The highest BCUT2D eigenvalue weighted by Gasteiger charge is 2.28. The number of aliphatic hydroxyl groups excluding tert-OH is 2. The number of H-pyrrole nitrogens is 2. The van der Waals surface area contributed by atoms with Gasteiger partial charge in [-0.05, 0) is 105 Å². The molecule has 0 amide bonds. The number of nitrogens with zero attached hydrogens (tertiary/aromatic N) is 2. The van der Waals surface area contributed by atoms with E-state index < -0.39 is 12.4 Å². The van der Waals surface area contributed by atoms with Gasteiger partial charge in [-0.25, -0.2) is 4.98 Å². The number of hydrogen-bond acceptors (Lipinski definition) is 7. The van der Waals surface area contributed by atoms with Crippen LogP contribution in [0.5, 0.6) is 0 Å². The standard InChI is InChI=1S/C29H32N4.C12H24O5/c1-8-20-18(6)27-14-29-21(9-2)17(5)26(32-29)12-22-15(3)10-24(30-22)19(7)25-11-16(4)23(31-25)13-28(20)33-27;1-2-4-15-5-3-6-16-12-8-10(14)7-11(9-13)17-12/h9,11-15,32-33H,2,8,10H2,1,3-7H3;10-14H,2-9H2,1H3. The van der Waals surface area contributed by atoms with Crippen molar-refractivity contribution < 1.29 is 24.4 Å². The number of ether oxygens (including phenoxy) is 3. The highest BCUT2D eigenvalue weighted by Crippen LogP contribution is 2.32. The molecule has 3 aliphatic rings. The van der Waals surface area contributed by atoms with E-state index in [9.17, 15) is 5.11 Å². The van der Waals surface area contributed by atoms with Crippen LogP contribution in [0, 0.1) is 20.8 Å². The fourth-order valence-electron chi connectivity index (χ4n) is 6.93. The lowest BCUT2D eigenvalue weighted by Crippen LogP contribution is -2.39. The number of hydrogen-bond donors (Lipinski definition) is 4. The van der Waals surface area contributed by atoms with Crippen molar-refractivity contribution in [1.82, 2.24) is 19.9 Å². The smallest absolute Gasteiger partial charge is 0.160 e. The SMILES string of the molecule is C=Cc1c(C)c2cc3nc(c(C)c4nc(cc5[nH]c(cc1[nH]2)c(C)c5CC)C(C)=C4)CC3C.CCCOCCCOC1CC(O)CC(CO)O1. The van der Waals surface area contributed by atoms with Crippen molar-refractivity contribution in [2.45, 2.75) is 111 Å². The molecule has 1 saturated heterocycles. The van der Waals surface area contributed by atoms with Gasteiger partial charge in [0.1, 0.15) is 0 Å². The summed E-state index contributed by atoms with van der Waals surface area (Å²) in [6, 6.07) is 6.63. The van der Waals surface area contributed by atoms with Crippen molar-refractivity contribution in [2.75, 3.05) is 26.4 Å². The van der Waals surface area contributed by atoms with E-state index in [2.05, 4.69) is 89.3 Å². The minimum Gasteiger partial charge on any atom is -0.394 e. The Morgan fingerprint density at radius 1 is 0.940 bits per heavy atom. The Morgan fingerprint density at radius 2 is 1.70 bits per heavy atom.